The lowest BCUT2D eigenvalue weighted by Gasteiger charge is -2.27. The lowest BCUT2D eigenvalue weighted by molar-refractivity contribution is -0.142. The minimum absolute atomic E-state index is 0.0110. The van der Waals surface area contributed by atoms with E-state index in [4.69, 9.17) is 5.11 Å². The molecule has 1 amide bonds. The van der Waals surface area contributed by atoms with Gasteiger partial charge in [0.05, 0.1) is 12.2 Å². The van der Waals surface area contributed by atoms with Gasteiger partial charge in [-0.1, -0.05) is 6.92 Å². The molecule has 0 saturated carbocycles. The Kier molecular flexibility index (Phi) is 3.82. The zero-order valence-corrected chi connectivity index (χ0v) is 10.9. The fraction of sp³-hybridized carbons (Fsp3) is 0.583. The number of aromatic nitrogens is 2. The predicted octanol–water partition coefficient (Wildman–Crippen LogP) is 2.48. The normalized spacial score (nSPS) is 15.1. The number of amides is 1. The average Bonchev–Trinajstić information content (AvgIpc) is 2.36. The highest BCUT2D eigenvalue weighted by molar-refractivity contribution is 5.65. The Balaban J connectivity index is 2.47. The van der Waals surface area contributed by atoms with Gasteiger partial charge in [0.25, 0.3) is 0 Å². The summed E-state index contributed by atoms with van der Waals surface area (Å²) in [6.07, 6.45) is -4.74. The first-order valence-electron chi connectivity index (χ1n) is 6.26. The summed E-state index contributed by atoms with van der Waals surface area (Å²) in [5.74, 6) is 0.116. The van der Waals surface area contributed by atoms with Crippen molar-refractivity contribution in [3.63, 3.8) is 0 Å². The maximum atomic E-state index is 13.0. The Labute approximate surface area is 113 Å². The van der Waals surface area contributed by atoms with Crippen molar-refractivity contribution in [1.29, 1.82) is 0 Å². The van der Waals surface area contributed by atoms with Gasteiger partial charge < -0.3 is 10.0 Å². The Morgan fingerprint density at radius 1 is 1.40 bits per heavy atom. The molecule has 1 aromatic heterocycles. The Bertz CT molecular complexity index is 531. The van der Waals surface area contributed by atoms with E-state index in [0.717, 1.165) is 4.90 Å². The number of hydrogen-bond donors (Lipinski definition) is 1. The molecule has 1 N–H and O–H groups in total. The van der Waals surface area contributed by atoms with E-state index in [9.17, 15) is 18.0 Å². The molecule has 0 radical (unpaired) electrons. The van der Waals surface area contributed by atoms with Gasteiger partial charge in [0.1, 0.15) is 5.82 Å². The second-order valence-corrected chi connectivity index (χ2v) is 4.62. The molecule has 0 unspecified atom stereocenters. The topological polar surface area (TPSA) is 66.3 Å². The van der Waals surface area contributed by atoms with Crippen LogP contribution in [0.25, 0.3) is 0 Å². The largest absolute Gasteiger partial charge is 0.465 e. The maximum absolute atomic E-state index is 13.0. The molecule has 2 rings (SSSR count). The standard InChI is InChI=1S/C12H14F3N3O2/c1-2-3-9-16-8-6-18(11(19)20)5-4-7(8)10(17-9)12(13,14)15/h2-6H2,1H3,(H,19,20). The zero-order valence-electron chi connectivity index (χ0n) is 10.9. The minimum Gasteiger partial charge on any atom is -0.465 e. The number of carboxylic acid groups (broad SMARTS) is 1. The highest BCUT2D eigenvalue weighted by Crippen LogP contribution is 2.33. The predicted molar refractivity (Wildman–Crippen MR) is 63.2 cm³/mol. The third kappa shape index (κ3) is 2.83. The van der Waals surface area contributed by atoms with Crippen LogP contribution in [-0.4, -0.2) is 32.6 Å². The summed E-state index contributed by atoms with van der Waals surface area (Å²) in [7, 11) is 0. The molecule has 1 aromatic rings. The van der Waals surface area contributed by atoms with Gasteiger partial charge in [0.15, 0.2) is 5.69 Å². The highest BCUT2D eigenvalue weighted by atomic mass is 19.4. The maximum Gasteiger partial charge on any atom is 0.433 e. The lowest BCUT2D eigenvalue weighted by atomic mass is 10.0. The minimum atomic E-state index is -4.54. The summed E-state index contributed by atoms with van der Waals surface area (Å²) >= 11 is 0. The van der Waals surface area contributed by atoms with Gasteiger partial charge in [-0.15, -0.1) is 0 Å². The van der Waals surface area contributed by atoms with Gasteiger partial charge in [-0.05, 0) is 12.8 Å². The first-order valence-corrected chi connectivity index (χ1v) is 6.26. The van der Waals surface area contributed by atoms with Gasteiger partial charge in [-0.2, -0.15) is 13.2 Å². The Hall–Kier alpha value is -1.86. The SMILES string of the molecule is CCCc1nc2c(c(C(F)(F)F)n1)CCN(C(=O)O)C2. The van der Waals surface area contributed by atoms with E-state index in [0.29, 0.717) is 12.8 Å². The summed E-state index contributed by atoms with van der Waals surface area (Å²) in [5.41, 5.74) is -0.727. The van der Waals surface area contributed by atoms with Crippen LogP contribution in [0.2, 0.25) is 0 Å². The summed E-state index contributed by atoms with van der Waals surface area (Å²) in [6.45, 7) is 1.73. The molecule has 0 saturated heterocycles. The van der Waals surface area contributed by atoms with Crippen molar-refractivity contribution in [3.05, 3.63) is 22.8 Å². The summed E-state index contributed by atoms with van der Waals surface area (Å²) in [4.78, 5) is 19.7. The van der Waals surface area contributed by atoms with Gasteiger partial charge >= 0.3 is 12.3 Å². The quantitative estimate of drug-likeness (QED) is 0.908. The van der Waals surface area contributed by atoms with Gasteiger partial charge in [0, 0.05) is 18.5 Å². The van der Waals surface area contributed by atoms with Crippen molar-refractivity contribution < 1.29 is 23.1 Å². The van der Waals surface area contributed by atoms with Crippen LogP contribution in [0.3, 0.4) is 0 Å². The fourth-order valence-electron chi connectivity index (χ4n) is 2.21. The molecule has 0 bridgehead atoms. The number of rotatable bonds is 2. The van der Waals surface area contributed by atoms with Crippen molar-refractivity contribution in [2.75, 3.05) is 6.54 Å². The summed E-state index contributed by atoms with van der Waals surface area (Å²) < 4.78 is 39.1. The fourth-order valence-corrected chi connectivity index (χ4v) is 2.21. The van der Waals surface area contributed by atoms with E-state index in [1.807, 2.05) is 6.92 Å². The van der Waals surface area contributed by atoms with Crippen LogP contribution in [0.15, 0.2) is 0 Å². The van der Waals surface area contributed by atoms with E-state index < -0.39 is 18.0 Å². The molecule has 0 aromatic carbocycles. The van der Waals surface area contributed by atoms with Crippen molar-refractivity contribution in [1.82, 2.24) is 14.9 Å². The number of hydrogen-bond acceptors (Lipinski definition) is 3. The molecule has 20 heavy (non-hydrogen) atoms. The zero-order chi connectivity index (χ0) is 14.9. The van der Waals surface area contributed by atoms with Crippen LogP contribution in [0, 0.1) is 0 Å². The van der Waals surface area contributed by atoms with Gasteiger partial charge in [-0.25, -0.2) is 14.8 Å². The van der Waals surface area contributed by atoms with Crippen molar-refractivity contribution in [2.24, 2.45) is 0 Å². The molecule has 0 atom stereocenters. The summed E-state index contributed by atoms with van der Waals surface area (Å²) in [5, 5.41) is 8.93. The molecule has 1 aliphatic rings. The van der Waals surface area contributed by atoms with Gasteiger partial charge in [-0.3, -0.25) is 0 Å². The van der Waals surface area contributed by atoms with Crippen LogP contribution in [0.1, 0.15) is 36.1 Å². The smallest absolute Gasteiger partial charge is 0.433 e. The van der Waals surface area contributed by atoms with Crippen LogP contribution in [0.4, 0.5) is 18.0 Å². The molecular weight excluding hydrogens is 275 g/mol. The molecule has 8 heteroatoms. The molecule has 0 fully saturated rings. The third-order valence-electron chi connectivity index (χ3n) is 3.12. The molecule has 5 nitrogen and oxygen atoms in total. The average molecular weight is 289 g/mol. The first-order chi connectivity index (χ1) is 9.32. The highest BCUT2D eigenvalue weighted by Gasteiger charge is 2.39. The van der Waals surface area contributed by atoms with E-state index in [1.54, 1.807) is 0 Å². The molecule has 0 spiro atoms. The third-order valence-corrected chi connectivity index (χ3v) is 3.12. The number of fused-ring (bicyclic) bond motifs is 1. The van der Waals surface area contributed by atoms with Crippen LogP contribution in [0.5, 0.6) is 0 Å². The molecule has 1 aliphatic heterocycles. The number of nitrogens with zero attached hydrogens (tertiary/aromatic N) is 3. The molecule has 2 heterocycles. The van der Waals surface area contributed by atoms with Crippen molar-refractivity contribution in [3.8, 4) is 0 Å². The van der Waals surface area contributed by atoms with Crippen molar-refractivity contribution >= 4 is 6.09 Å². The number of halogens is 3. The monoisotopic (exact) mass is 289 g/mol. The number of carbonyl (C=O) groups is 1. The second kappa shape index (κ2) is 5.26. The van der Waals surface area contributed by atoms with Crippen LogP contribution < -0.4 is 0 Å². The number of aryl methyl sites for hydroxylation is 1. The van der Waals surface area contributed by atoms with Gasteiger partial charge in [0.2, 0.25) is 0 Å². The first kappa shape index (κ1) is 14.5. The molecule has 0 aliphatic carbocycles. The van der Waals surface area contributed by atoms with E-state index in [-0.39, 0.29) is 36.6 Å². The van der Waals surface area contributed by atoms with Crippen molar-refractivity contribution in [2.45, 2.75) is 38.9 Å². The molecular formula is C12H14F3N3O2. The summed E-state index contributed by atoms with van der Waals surface area (Å²) in [6, 6.07) is 0. The van der Waals surface area contributed by atoms with E-state index in [2.05, 4.69) is 9.97 Å². The lowest BCUT2D eigenvalue weighted by Crippen LogP contribution is -2.37. The second-order valence-electron chi connectivity index (χ2n) is 4.62. The Morgan fingerprint density at radius 2 is 2.10 bits per heavy atom. The van der Waals surface area contributed by atoms with E-state index in [1.165, 1.54) is 0 Å². The molecule has 110 valence electrons. The van der Waals surface area contributed by atoms with E-state index >= 15 is 0 Å². The van der Waals surface area contributed by atoms with Crippen LogP contribution >= 0.6 is 0 Å². The van der Waals surface area contributed by atoms with Crippen LogP contribution in [-0.2, 0) is 25.6 Å². The Morgan fingerprint density at radius 3 is 2.65 bits per heavy atom. The number of alkyl halides is 3.